The standard InChI is InChI=1S/C23H23FN2O3/c24-19-9-4-10-20(13-19)28-16-22(27)26-11-5-8-18(15-26)23-25-14-21(29-23)12-17-6-2-1-3-7-17/h1-4,6-7,9-10,13-14,18H,5,8,11-12,15-16H2/t18-/m0/s1. The third-order valence-corrected chi connectivity index (χ3v) is 5.07. The fourth-order valence-corrected chi connectivity index (χ4v) is 3.59. The topological polar surface area (TPSA) is 55.6 Å². The van der Waals surface area contributed by atoms with Gasteiger partial charge < -0.3 is 14.1 Å². The molecule has 1 amide bonds. The molecule has 0 bridgehead atoms. The molecule has 2 aromatic carbocycles. The molecule has 1 fully saturated rings. The minimum Gasteiger partial charge on any atom is -0.484 e. The van der Waals surface area contributed by atoms with E-state index in [0.717, 1.165) is 18.6 Å². The lowest BCUT2D eigenvalue weighted by molar-refractivity contribution is -0.134. The van der Waals surface area contributed by atoms with Crippen molar-refractivity contribution in [2.75, 3.05) is 19.7 Å². The molecular formula is C23H23FN2O3. The number of halogens is 1. The number of hydrogen-bond acceptors (Lipinski definition) is 4. The first kappa shape index (κ1) is 19.2. The molecule has 5 nitrogen and oxygen atoms in total. The summed E-state index contributed by atoms with van der Waals surface area (Å²) < 4.78 is 24.7. The molecule has 150 valence electrons. The van der Waals surface area contributed by atoms with Crippen molar-refractivity contribution in [3.8, 4) is 5.75 Å². The van der Waals surface area contributed by atoms with Crippen LogP contribution < -0.4 is 4.74 Å². The Morgan fingerprint density at radius 1 is 1.21 bits per heavy atom. The average Bonchev–Trinajstić information content (AvgIpc) is 3.21. The average molecular weight is 394 g/mol. The Bertz CT molecular complexity index is 958. The summed E-state index contributed by atoms with van der Waals surface area (Å²) in [5.41, 5.74) is 1.17. The van der Waals surface area contributed by atoms with Gasteiger partial charge in [-0.15, -0.1) is 0 Å². The second kappa shape index (κ2) is 8.90. The molecule has 0 spiro atoms. The lowest BCUT2D eigenvalue weighted by Gasteiger charge is -2.31. The minimum absolute atomic E-state index is 0.0754. The molecule has 1 aliphatic heterocycles. The molecule has 1 aromatic heterocycles. The molecule has 2 heterocycles. The number of piperidine rings is 1. The molecule has 1 aliphatic rings. The molecule has 1 atom stereocenters. The number of hydrogen-bond donors (Lipinski definition) is 0. The Morgan fingerprint density at radius 2 is 2.07 bits per heavy atom. The van der Waals surface area contributed by atoms with Gasteiger partial charge in [0.15, 0.2) is 12.5 Å². The zero-order chi connectivity index (χ0) is 20.1. The van der Waals surface area contributed by atoms with Crippen molar-refractivity contribution in [2.24, 2.45) is 0 Å². The Balaban J connectivity index is 1.34. The first-order chi connectivity index (χ1) is 14.2. The van der Waals surface area contributed by atoms with Crippen molar-refractivity contribution in [3.05, 3.63) is 83.8 Å². The van der Waals surface area contributed by atoms with Crippen LogP contribution in [0.15, 0.2) is 65.2 Å². The highest BCUT2D eigenvalue weighted by Gasteiger charge is 2.28. The summed E-state index contributed by atoms with van der Waals surface area (Å²) in [5, 5.41) is 0. The first-order valence-corrected chi connectivity index (χ1v) is 9.82. The molecule has 29 heavy (non-hydrogen) atoms. The summed E-state index contributed by atoms with van der Waals surface area (Å²) in [4.78, 5) is 18.8. The van der Waals surface area contributed by atoms with E-state index in [-0.39, 0.29) is 24.2 Å². The van der Waals surface area contributed by atoms with Crippen molar-refractivity contribution < 1.29 is 18.3 Å². The molecule has 1 saturated heterocycles. The van der Waals surface area contributed by atoms with E-state index in [1.807, 2.05) is 18.2 Å². The predicted octanol–water partition coefficient (Wildman–Crippen LogP) is 4.19. The van der Waals surface area contributed by atoms with E-state index in [1.165, 1.54) is 17.7 Å². The number of likely N-dealkylation sites (tertiary alicyclic amines) is 1. The molecule has 0 unspecified atom stereocenters. The van der Waals surface area contributed by atoms with Crippen LogP contribution in [-0.4, -0.2) is 35.5 Å². The highest BCUT2D eigenvalue weighted by atomic mass is 19.1. The molecule has 0 radical (unpaired) electrons. The normalized spacial score (nSPS) is 16.6. The lowest BCUT2D eigenvalue weighted by Crippen LogP contribution is -2.41. The van der Waals surface area contributed by atoms with Gasteiger partial charge in [-0.2, -0.15) is 0 Å². The number of oxazole rings is 1. The van der Waals surface area contributed by atoms with Gasteiger partial charge in [0.25, 0.3) is 5.91 Å². The number of carbonyl (C=O) groups excluding carboxylic acids is 1. The van der Waals surface area contributed by atoms with E-state index in [9.17, 15) is 9.18 Å². The highest BCUT2D eigenvalue weighted by molar-refractivity contribution is 5.78. The zero-order valence-corrected chi connectivity index (χ0v) is 16.1. The summed E-state index contributed by atoms with van der Waals surface area (Å²) in [6, 6.07) is 15.9. The fraction of sp³-hybridized carbons (Fsp3) is 0.304. The van der Waals surface area contributed by atoms with Gasteiger partial charge >= 0.3 is 0 Å². The number of ether oxygens (including phenoxy) is 1. The van der Waals surface area contributed by atoms with E-state index in [1.54, 1.807) is 23.2 Å². The summed E-state index contributed by atoms with van der Waals surface area (Å²) in [5.74, 6) is 1.43. The van der Waals surface area contributed by atoms with Crippen LogP contribution in [0.2, 0.25) is 0 Å². The molecule has 0 N–H and O–H groups in total. The van der Waals surface area contributed by atoms with Crippen LogP contribution in [0.1, 0.15) is 36.0 Å². The minimum atomic E-state index is -0.386. The smallest absolute Gasteiger partial charge is 0.260 e. The maximum Gasteiger partial charge on any atom is 0.260 e. The number of carbonyl (C=O) groups is 1. The van der Waals surface area contributed by atoms with Gasteiger partial charge in [-0.25, -0.2) is 9.37 Å². The largest absolute Gasteiger partial charge is 0.484 e. The summed E-state index contributed by atoms with van der Waals surface area (Å²) in [7, 11) is 0. The van der Waals surface area contributed by atoms with Gasteiger partial charge in [0.05, 0.1) is 12.1 Å². The highest BCUT2D eigenvalue weighted by Crippen LogP contribution is 2.27. The monoisotopic (exact) mass is 394 g/mol. The van der Waals surface area contributed by atoms with Crippen molar-refractivity contribution in [2.45, 2.75) is 25.2 Å². The van der Waals surface area contributed by atoms with E-state index >= 15 is 0 Å². The summed E-state index contributed by atoms with van der Waals surface area (Å²) >= 11 is 0. The van der Waals surface area contributed by atoms with Gasteiger partial charge in [0, 0.05) is 25.6 Å². The van der Waals surface area contributed by atoms with Crippen LogP contribution in [-0.2, 0) is 11.2 Å². The van der Waals surface area contributed by atoms with Crippen LogP contribution in [0.4, 0.5) is 4.39 Å². The molecular weight excluding hydrogens is 371 g/mol. The van der Waals surface area contributed by atoms with Crippen LogP contribution in [0, 0.1) is 5.82 Å². The van der Waals surface area contributed by atoms with Crippen LogP contribution in [0.5, 0.6) is 5.75 Å². The van der Waals surface area contributed by atoms with E-state index < -0.39 is 0 Å². The van der Waals surface area contributed by atoms with Crippen LogP contribution in [0.3, 0.4) is 0 Å². The fourth-order valence-electron chi connectivity index (χ4n) is 3.59. The quantitative estimate of drug-likeness (QED) is 0.629. The predicted molar refractivity (Wildman–Crippen MR) is 106 cm³/mol. The van der Waals surface area contributed by atoms with Gasteiger partial charge in [0.1, 0.15) is 17.3 Å². The SMILES string of the molecule is O=C(COc1cccc(F)c1)N1CCC[C@H](c2ncc(Cc3ccccc3)o2)C1. The Hall–Kier alpha value is -3.15. The lowest BCUT2D eigenvalue weighted by atomic mass is 9.98. The molecule has 0 aliphatic carbocycles. The van der Waals surface area contributed by atoms with Gasteiger partial charge in [0.2, 0.25) is 0 Å². The maximum absolute atomic E-state index is 13.2. The van der Waals surface area contributed by atoms with Crippen LogP contribution >= 0.6 is 0 Å². The molecule has 4 rings (SSSR count). The van der Waals surface area contributed by atoms with Gasteiger partial charge in [-0.3, -0.25) is 4.79 Å². The van der Waals surface area contributed by atoms with Crippen molar-refractivity contribution in [3.63, 3.8) is 0 Å². The number of nitrogens with zero attached hydrogens (tertiary/aromatic N) is 2. The Kier molecular flexibility index (Phi) is 5.89. The Morgan fingerprint density at radius 3 is 2.90 bits per heavy atom. The molecule has 3 aromatic rings. The van der Waals surface area contributed by atoms with Gasteiger partial charge in [-0.05, 0) is 30.5 Å². The number of rotatable bonds is 6. The third-order valence-electron chi connectivity index (χ3n) is 5.07. The zero-order valence-electron chi connectivity index (χ0n) is 16.1. The number of aromatic nitrogens is 1. The number of amides is 1. The third kappa shape index (κ3) is 5.02. The summed E-state index contributed by atoms with van der Waals surface area (Å²) in [6.07, 6.45) is 4.29. The second-order valence-corrected chi connectivity index (χ2v) is 7.25. The number of benzene rings is 2. The van der Waals surface area contributed by atoms with Crippen molar-refractivity contribution in [1.82, 2.24) is 9.88 Å². The molecule has 0 saturated carbocycles. The van der Waals surface area contributed by atoms with Crippen molar-refractivity contribution in [1.29, 1.82) is 0 Å². The van der Waals surface area contributed by atoms with Crippen LogP contribution in [0.25, 0.3) is 0 Å². The van der Waals surface area contributed by atoms with E-state index in [4.69, 9.17) is 9.15 Å². The Labute approximate surface area is 169 Å². The summed E-state index contributed by atoms with van der Waals surface area (Å²) in [6.45, 7) is 1.12. The van der Waals surface area contributed by atoms with Crippen molar-refractivity contribution >= 4 is 5.91 Å². The maximum atomic E-state index is 13.2. The molecule has 6 heteroatoms. The van der Waals surface area contributed by atoms with Gasteiger partial charge in [-0.1, -0.05) is 36.4 Å². The van der Waals surface area contributed by atoms with E-state index in [0.29, 0.717) is 31.2 Å². The second-order valence-electron chi connectivity index (χ2n) is 7.25. The first-order valence-electron chi connectivity index (χ1n) is 9.82. The van der Waals surface area contributed by atoms with E-state index in [2.05, 4.69) is 17.1 Å².